The van der Waals surface area contributed by atoms with Crippen LogP contribution in [0.3, 0.4) is 0 Å². The van der Waals surface area contributed by atoms with Crippen molar-refractivity contribution in [2.75, 3.05) is 26.2 Å². The number of carbonyl (C=O) groups excluding carboxylic acids is 1. The Balaban J connectivity index is 0.000000205. The van der Waals surface area contributed by atoms with Gasteiger partial charge in [0.1, 0.15) is 6.04 Å². The van der Waals surface area contributed by atoms with Crippen molar-refractivity contribution < 1.29 is 14.7 Å². The lowest BCUT2D eigenvalue weighted by Crippen LogP contribution is -2.45. The molecule has 1 saturated heterocycles. The predicted molar refractivity (Wildman–Crippen MR) is 140 cm³/mol. The van der Waals surface area contributed by atoms with Crippen LogP contribution in [0.15, 0.2) is 84.9 Å². The Hall–Kier alpha value is -3.19. The Morgan fingerprint density at radius 1 is 0.914 bits per heavy atom. The summed E-state index contributed by atoms with van der Waals surface area (Å²) in [5.74, 6) is -1.35. The van der Waals surface area contributed by atoms with Gasteiger partial charge >= 0.3 is 5.97 Å². The summed E-state index contributed by atoms with van der Waals surface area (Å²) >= 11 is 6.02. The van der Waals surface area contributed by atoms with E-state index >= 15 is 0 Å². The van der Waals surface area contributed by atoms with Gasteiger partial charge in [0.15, 0.2) is 0 Å². The van der Waals surface area contributed by atoms with Crippen molar-refractivity contribution in [2.45, 2.75) is 25.4 Å². The lowest BCUT2D eigenvalue weighted by Gasteiger charge is -2.35. The van der Waals surface area contributed by atoms with E-state index in [1.54, 1.807) is 0 Å². The summed E-state index contributed by atoms with van der Waals surface area (Å²) in [6.07, 6.45) is 0.301. The van der Waals surface area contributed by atoms with Crippen molar-refractivity contribution in [2.24, 2.45) is 0 Å². The van der Waals surface area contributed by atoms with E-state index in [9.17, 15) is 9.59 Å². The van der Waals surface area contributed by atoms with Gasteiger partial charge in [-0.3, -0.25) is 9.69 Å². The summed E-state index contributed by atoms with van der Waals surface area (Å²) in [5, 5.41) is 15.5. The summed E-state index contributed by atoms with van der Waals surface area (Å²) in [6, 6.07) is 27.6. The molecule has 1 fully saturated rings. The molecule has 1 heterocycles. The average Bonchev–Trinajstić information content (AvgIpc) is 2.87. The normalized spacial score (nSPS) is 15.3. The number of aliphatic carboxylic acids is 1. The summed E-state index contributed by atoms with van der Waals surface area (Å²) in [6.45, 7) is 5.55. The number of carboxylic acids is 1. The number of carboxylic acid groups (broad SMARTS) is 1. The molecule has 1 amide bonds. The lowest BCUT2D eigenvalue weighted by molar-refractivity contribution is -0.141. The molecule has 3 N–H and O–H groups in total. The van der Waals surface area contributed by atoms with Crippen molar-refractivity contribution >= 4 is 23.5 Å². The van der Waals surface area contributed by atoms with Crippen LogP contribution >= 0.6 is 11.6 Å². The van der Waals surface area contributed by atoms with Crippen LogP contribution in [0.1, 0.15) is 29.7 Å². The summed E-state index contributed by atoms with van der Waals surface area (Å²) in [4.78, 5) is 24.1. The monoisotopic (exact) mass is 493 g/mol. The van der Waals surface area contributed by atoms with Crippen LogP contribution in [0.5, 0.6) is 0 Å². The predicted octanol–water partition coefficient (Wildman–Crippen LogP) is 4.15. The van der Waals surface area contributed by atoms with Crippen molar-refractivity contribution in [1.29, 1.82) is 0 Å². The van der Waals surface area contributed by atoms with Crippen LogP contribution in [-0.2, 0) is 16.0 Å². The molecule has 1 aliphatic heterocycles. The molecule has 184 valence electrons. The zero-order valence-electron chi connectivity index (χ0n) is 19.9. The number of hydrogen-bond acceptors (Lipinski definition) is 4. The Labute approximate surface area is 211 Å². The highest BCUT2D eigenvalue weighted by Gasteiger charge is 2.23. The number of nitrogens with one attached hydrogen (secondary N) is 2. The third-order valence-electron chi connectivity index (χ3n) is 5.78. The number of amides is 1. The smallest absolute Gasteiger partial charge is 0.326 e. The van der Waals surface area contributed by atoms with E-state index in [1.807, 2.05) is 42.5 Å². The molecule has 1 aliphatic rings. The molecule has 0 aromatic heterocycles. The Kier molecular flexibility index (Phi) is 10.3. The summed E-state index contributed by atoms with van der Waals surface area (Å²) < 4.78 is 0. The maximum Gasteiger partial charge on any atom is 0.326 e. The van der Waals surface area contributed by atoms with Crippen molar-refractivity contribution in [3.8, 4) is 0 Å². The number of piperazine rings is 1. The van der Waals surface area contributed by atoms with E-state index in [1.165, 1.54) is 18.1 Å². The van der Waals surface area contributed by atoms with Gasteiger partial charge in [-0.05, 0) is 28.8 Å². The molecule has 3 aromatic carbocycles. The third-order valence-corrected chi connectivity index (χ3v) is 6.03. The molecular formula is C28H32ClN3O3. The lowest BCUT2D eigenvalue weighted by atomic mass is 9.96. The first-order chi connectivity index (χ1) is 16.9. The SMILES string of the molecule is CC(=O)N[C@@H](Cc1ccccc1)C(=O)O.Clc1ccc(C(c2ccccc2)N2CCNCC2)cc1. The molecule has 2 atom stereocenters. The molecule has 0 aliphatic carbocycles. The first-order valence-corrected chi connectivity index (χ1v) is 12.1. The molecule has 3 aromatic rings. The minimum atomic E-state index is -1.02. The number of halogens is 1. The van der Waals surface area contributed by atoms with Gasteiger partial charge in [-0.15, -0.1) is 0 Å². The highest BCUT2D eigenvalue weighted by Crippen LogP contribution is 2.29. The topological polar surface area (TPSA) is 81.7 Å². The second kappa shape index (κ2) is 13.6. The van der Waals surface area contributed by atoms with Gasteiger partial charge in [-0.1, -0.05) is 84.4 Å². The highest BCUT2D eigenvalue weighted by atomic mass is 35.5. The number of carbonyl (C=O) groups is 2. The number of rotatable bonds is 7. The minimum Gasteiger partial charge on any atom is -0.480 e. The molecule has 0 spiro atoms. The van der Waals surface area contributed by atoms with Crippen molar-refractivity contribution in [1.82, 2.24) is 15.5 Å². The van der Waals surface area contributed by atoms with Gasteiger partial charge < -0.3 is 15.7 Å². The quantitative estimate of drug-likeness (QED) is 0.460. The Morgan fingerprint density at radius 2 is 1.46 bits per heavy atom. The van der Waals surface area contributed by atoms with Gasteiger partial charge in [-0.25, -0.2) is 4.79 Å². The largest absolute Gasteiger partial charge is 0.480 e. The summed E-state index contributed by atoms with van der Waals surface area (Å²) in [7, 11) is 0. The molecule has 0 radical (unpaired) electrons. The Bertz CT molecular complexity index is 1060. The fraction of sp³-hybridized carbons (Fsp3) is 0.286. The van der Waals surface area contributed by atoms with Crippen LogP contribution in [0.25, 0.3) is 0 Å². The number of benzene rings is 3. The van der Waals surface area contributed by atoms with Crippen LogP contribution in [-0.4, -0.2) is 54.1 Å². The molecule has 6 nitrogen and oxygen atoms in total. The second-order valence-electron chi connectivity index (χ2n) is 8.43. The maximum absolute atomic E-state index is 10.8. The molecular weight excluding hydrogens is 462 g/mol. The molecule has 4 rings (SSSR count). The Morgan fingerprint density at radius 3 is 2.00 bits per heavy atom. The van der Waals surface area contributed by atoms with Crippen LogP contribution in [0.4, 0.5) is 0 Å². The molecule has 0 bridgehead atoms. The van der Waals surface area contributed by atoms with Gasteiger partial charge in [-0.2, -0.15) is 0 Å². The van der Waals surface area contributed by atoms with Crippen molar-refractivity contribution in [3.05, 3.63) is 107 Å². The molecule has 1 unspecified atom stereocenters. The van der Waals surface area contributed by atoms with Crippen LogP contribution in [0, 0.1) is 0 Å². The van der Waals surface area contributed by atoms with E-state index in [0.29, 0.717) is 12.5 Å². The van der Waals surface area contributed by atoms with Gasteiger partial charge in [0, 0.05) is 44.5 Å². The van der Waals surface area contributed by atoms with E-state index in [4.69, 9.17) is 16.7 Å². The maximum atomic E-state index is 10.8. The first kappa shape index (κ1) is 26.4. The second-order valence-corrected chi connectivity index (χ2v) is 8.87. The van der Waals surface area contributed by atoms with E-state index in [-0.39, 0.29) is 5.91 Å². The molecule has 0 saturated carbocycles. The third kappa shape index (κ3) is 8.51. The fourth-order valence-electron chi connectivity index (χ4n) is 4.13. The molecule has 7 heteroatoms. The first-order valence-electron chi connectivity index (χ1n) is 11.7. The summed E-state index contributed by atoms with van der Waals surface area (Å²) in [5.41, 5.74) is 3.54. The average molecular weight is 494 g/mol. The van der Waals surface area contributed by atoms with Gasteiger partial charge in [0.05, 0.1) is 6.04 Å². The van der Waals surface area contributed by atoms with Crippen LogP contribution < -0.4 is 10.6 Å². The van der Waals surface area contributed by atoms with E-state index in [0.717, 1.165) is 36.8 Å². The number of nitrogens with zero attached hydrogens (tertiary/aromatic N) is 1. The number of hydrogen-bond donors (Lipinski definition) is 3. The van der Waals surface area contributed by atoms with Gasteiger partial charge in [0.25, 0.3) is 0 Å². The fourth-order valence-corrected chi connectivity index (χ4v) is 4.26. The highest BCUT2D eigenvalue weighted by molar-refractivity contribution is 6.30. The molecule has 35 heavy (non-hydrogen) atoms. The zero-order chi connectivity index (χ0) is 25.0. The standard InChI is InChI=1S/C17H19ClN2.C11H13NO3/c18-16-8-6-15(7-9-16)17(14-4-2-1-3-5-14)20-12-10-19-11-13-20;1-8(13)12-10(11(14)15)7-9-5-3-2-4-6-9/h1-9,17,19H,10-13H2;2-6,10H,7H2,1H3,(H,12,13)(H,14,15)/t;10-/m.0/s1. The van der Waals surface area contributed by atoms with Gasteiger partial charge in [0.2, 0.25) is 5.91 Å². The van der Waals surface area contributed by atoms with E-state index in [2.05, 4.69) is 58.0 Å². The zero-order valence-corrected chi connectivity index (χ0v) is 20.6. The minimum absolute atomic E-state index is 0.301. The van der Waals surface area contributed by atoms with Crippen molar-refractivity contribution in [3.63, 3.8) is 0 Å². The van der Waals surface area contributed by atoms with Crippen LogP contribution in [0.2, 0.25) is 5.02 Å². The van der Waals surface area contributed by atoms with E-state index < -0.39 is 12.0 Å².